The Morgan fingerprint density at radius 2 is 2.35 bits per heavy atom. The van der Waals surface area contributed by atoms with E-state index in [1.165, 1.54) is 0 Å². The van der Waals surface area contributed by atoms with Crippen molar-refractivity contribution in [2.24, 2.45) is 0 Å². The quantitative estimate of drug-likeness (QED) is 0.818. The number of hydrogen-bond acceptors (Lipinski definition) is 3. The molecule has 1 N–H and O–H groups in total. The Kier molecular flexibility index (Phi) is 3.84. The van der Waals surface area contributed by atoms with Crippen LogP contribution in [0.4, 0.5) is 0 Å². The molecule has 4 heteroatoms. The summed E-state index contributed by atoms with van der Waals surface area (Å²) in [5.74, 6) is 1.02. The molecule has 1 saturated carbocycles. The van der Waals surface area contributed by atoms with Crippen molar-refractivity contribution < 1.29 is 9.21 Å². The molecule has 1 aliphatic carbocycles. The van der Waals surface area contributed by atoms with Gasteiger partial charge >= 0.3 is 0 Å². The maximum atomic E-state index is 12.1. The summed E-state index contributed by atoms with van der Waals surface area (Å²) in [6, 6.07) is 4.53. The summed E-state index contributed by atoms with van der Waals surface area (Å²) in [6.07, 6.45) is 3.89. The SMILES string of the molecule is CC(C)NCC(=O)N(Cc1ccco1)C1CC1. The molecule has 0 bridgehead atoms. The monoisotopic (exact) mass is 236 g/mol. The van der Waals surface area contributed by atoms with E-state index >= 15 is 0 Å². The third kappa shape index (κ3) is 3.60. The Morgan fingerprint density at radius 3 is 2.88 bits per heavy atom. The van der Waals surface area contributed by atoms with Gasteiger partial charge in [0.25, 0.3) is 0 Å². The molecule has 4 nitrogen and oxygen atoms in total. The van der Waals surface area contributed by atoms with Crippen molar-refractivity contribution >= 4 is 5.91 Å². The van der Waals surface area contributed by atoms with Gasteiger partial charge in [-0.05, 0) is 25.0 Å². The normalized spacial score (nSPS) is 15.2. The van der Waals surface area contributed by atoms with Crippen LogP contribution in [0.5, 0.6) is 0 Å². The maximum absolute atomic E-state index is 12.1. The highest BCUT2D eigenvalue weighted by Gasteiger charge is 2.32. The van der Waals surface area contributed by atoms with Crippen molar-refractivity contribution in [3.63, 3.8) is 0 Å². The average Bonchev–Trinajstić information content (AvgIpc) is 3.00. The molecule has 2 rings (SSSR count). The van der Waals surface area contributed by atoms with Crippen molar-refractivity contribution in [1.82, 2.24) is 10.2 Å². The number of carbonyl (C=O) groups is 1. The van der Waals surface area contributed by atoms with E-state index in [0.717, 1.165) is 18.6 Å². The van der Waals surface area contributed by atoms with Gasteiger partial charge in [-0.2, -0.15) is 0 Å². The molecule has 1 amide bonds. The number of nitrogens with one attached hydrogen (secondary N) is 1. The van der Waals surface area contributed by atoms with Gasteiger partial charge in [0.1, 0.15) is 5.76 Å². The Hall–Kier alpha value is -1.29. The summed E-state index contributed by atoms with van der Waals surface area (Å²) in [4.78, 5) is 14.0. The maximum Gasteiger partial charge on any atom is 0.237 e. The fourth-order valence-electron chi connectivity index (χ4n) is 1.77. The lowest BCUT2D eigenvalue weighted by Gasteiger charge is -2.22. The molecular weight excluding hydrogens is 216 g/mol. The molecule has 1 aromatic rings. The summed E-state index contributed by atoms with van der Waals surface area (Å²) in [6.45, 7) is 5.09. The van der Waals surface area contributed by atoms with E-state index in [4.69, 9.17) is 4.42 Å². The number of rotatable bonds is 6. The van der Waals surface area contributed by atoms with Gasteiger partial charge in [-0.15, -0.1) is 0 Å². The standard InChI is InChI=1S/C13H20N2O2/c1-10(2)14-8-13(16)15(11-5-6-11)9-12-4-3-7-17-12/h3-4,7,10-11,14H,5-6,8-9H2,1-2H3. The van der Waals surface area contributed by atoms with Crippen molar-refractivity contribution in [1.29, 1.82) is 0 Å². The summed E-state index contributed by atoms with van der Waals surface area (Å²) >= 11 is 0. The van der Waals surface area contributed by atoms with E-state index < -0.39 is 0 Å². The van der Waals surface area contributed by atoms with Crippen molar-refractivity contribution in [2.45, 2.75) is 45.3 Å². The molecular formula is C13H20N2O2. The minimum atomic E-state index is 0.164. The summed E-state index contributed by atoms with van der Waals surface area (Å²) < 4.78 is 5.30. The molecule has 1 fully saturated rings. The Bertz CT molecular complexity index is 356. The van der Waals surface area contributed by atoms with Gasteiger partial charge < -0.3 is 14.6 Å². The third-order valence-corrected chi connectivity index (χ3v) is 2.88. The van der Waals surface area contributed by atoms with E-state index in [1.54, 1.807) is 6.26 Å². The Labute approximate surface area is 102 Å². The molecule has 1 aromatic heterocycles. The first kappa shape index (κ1) is 12.2. The first-order valence-electron chi connectivity index (χ1n) is 6.22. The van der Waals surface area contributed by atoms with E-state index in [2.05, 4.69) is 5.32 Å². The van der Waals surface area contributed by atoms with Gasteiger partial charge in [-0.25, -0.2) is 0 Å². The molecule has 0 aliphatic heterocycles. The van der Waals surface area contributed by atoms with Crippen LogP contribution < -0.4 is 5.32 Å². The van der Waals surface area contributed by atoms with Crippen LogP contribution >= 0.6 is 0 Å². The molecule has 1 aliphatic rings. The molecule has 0 unspecified atom stereocenters. The minimum absolute atomic E-state index is 0.164. The van der Waals surface area contributed by atoms with Crippen LogP contribution in [-0.4, -0.2) is 29.4 Å². The highest BCUT2D eigenvalue weighted by atomic mass is 16.3. The minimum Gasteiger partial charge on any atom is -0.467 e. The smallest absolute Gasteiger partial charge is 0.237 e. The third-order valence-electron chi connectivity index (χ3n) is 2.88. The fourth-order valence-corrected chi connectivity index (χ4v) is 1.77. The highest BCUT2D eigenvalue weighted by Crippen LogP contribution is 2.28. The van der Waals surface area contributed by atoms with E-state index in [1.807, 2.05) is 30.9 Å². The van der Waals surface area contributed by atoms with Crippen LogP contribution in [0.1, 0.15) is 32.4 Å². The summed E-state index contributed by atoms with van der Waals surface area (Å²) in [5, 5.41) is 3.17. The predicted octanol–water partition coefficient (Wildman–Crippen LogP) is 1.77. The average molecular weight is 236 g/mol. The zero-order valence-electron chi connectivity index (χ0n) is 10.5. The zero-order chi connectivity index (χ0) is 12.3. The van der Waals surface area contributed by atoms with E-state index in [9.17, 15) is 4.79 Å². The lowest BCUT2D eigenvalue weighted by molar-refractivity contribution is -0.131. The van der Waals surface area contributed by atoms with Gasteiger partial charge in [0, 0.05) is 12.1 Å². The topological polar surface area (TPSA) is 45.5 Å². The highest BCUT2D eigenvalue weighted by molar-refractivity contribution is 5.78. The second-order valence-electron chi connectivity index (χ2n) is 4.87. The van der Waals surface area contributed by atoms with Gasteiger partial charge in [0.2, 0.25) is 5.91 Å². The largest absolute Gasteiger partial charge is 0.467 e. The zero-order valence-corrected chi connectivity index (χ0v) is 10.5. The molecule has 0 spiro atoms. The number of hydrogen-bond donors (Lipinski definition) is 1. The number of nitrogens with zero attached hydrogens (tertiary/aromatic N) is 1. The van der Waals surface area contributed by atoms with Crippen molar-refractivity contribution in [3.8, 4) is 0 Å². The second kappa shape index (κ2) is 5.36. The van der Waals surface area contributed by atoms with Crippen LogP contribution in [0.2, 0.25) is 0 Å². The number of furan rings is 1. The lowest BCUT2D eigenvalue weighted by atomic mass is 10.3. The van der Waals surface area contributed by atoms with Gasteiger partial charge in [0.05, 0.1) is 19.4 Å². The van der Waals surface area contributed by atoms with E-state index in [-0.39, 0.29) is 5.91 Å². The molecule has 0 aromatic carbocycles. The van der Waals surface area contributed by atoms with Crippen molar-refractivity contribution in [2.75, 3.05) is 6.54 Å². The first-order chi connectivity index (χ1) is 8.16. The van der Waals surface area contributed by atoms with Gasteiger partial charge in [-0.1, -0.05) is 13.8 Å². The molecule has 1 heterocycles. The second-order valence-corrected chi connectivity index (χ2v) is 4.87. The Balaban J connectivity index is 1.90. The van der Waals surface area contributed by atoms with E-state index in [0.29, 0.717) is 25.2 Å². The number of carbonyl (C=O) groups excluding carboxylic acids is 1. The van der Waals surface area contributed by atoms with Crippen LogP contribution in [0.25, 0.3) is 0 Å². The van der Waals surface area contributed by atoms with Crippen LogP contribution in [-0.2, 0) is 11.3 Å². The van der Waals surface area contributed by atoms with Gasteiger partial charge in [-0.3, -0.25) is 4.79 Å². The molecule has 0 atom stereocenters. The first-order valence-corrected chi connectivity index (χ1v) is 6.22. The fraction of sp³-hybridized carbons (Fsp3) is 0.615. The van der Waals surface area contributed by atoms with Crippen LogP contribution in [0.15, 0.2) is 22.8 Å². The Morgan fingerprint density at radius 1 is 1.59 bits per heavy atom. The van der Waals surface area contributed by atoms with Crippen LogP contribution in [0.3, 0.4) is 0 Å². The molecule has 17 heavy (non-hydrogen) atoms. The number of amides is 1. The molecule has 94 valence electrons. The van der Waals surface area contributed by atoms with Crippen LogP contribution in [0, 0.1) is 0 Å². The molecule has 0 saturated heterocycles. The summed E-state index contributed by atoms with van der Waals surface area (Å²) in [5.41, 5.74) is 0. The predicted molar refractivity (Wildman–Crippen MR) is 65.4 cm³/mol. The van der Waals surface area contributed by atoms with Crippen molar-refractivity contribution in [3.05, 3.63) is 24.2 Å². The summed E-state index contributed by atoms with van der Waals surface area (Å²) in [7, 11) is 0. The molecule has 0 radical (unpaired) electrons. The lowest BCUT2D eigenvalue weighted by Crippen LogP contribution is -2.41. The van der Waals surface area contributed by atoms with Gasteiger partial charge in [0.15, 0.2) is 0 Å².